The largest absolute Gasteiger partial charge is 0.489 e. The minimum Gasteiger partial charge on any atom is -0.489 e. The number of halogens is 2. The molecule has 0 aliphatic carbocycles. The topological polar surface area (TPSA) is 50.7 Å². The van der Waals surface area contributed by atoms with E-state index in [1.54, 1.807) is 18.2 Å². The number of aliphatic hydroxyl groups excluding tert-OH is 1. The van der Waals surface area contributed by atoms with Crippen molar-refractivity contribution in [2.24, 2.45) is 5.92 Å². The molecule has 4 nitrogen and oxygen atoms in total. The summed E-state index contributed by atoms with van der Waals surface area (Å²) in [6.45, 7) is 3.26. The maximum Gasteiger partial charge on any atom is 0.139 e. The van der Waals surface area contributed by atoms with Gasteiger partial charge >= 0.3 is 0 Å². The molecule has 0 aromatic heterocycles. The third-order valence-electron chi connectivity index (χ3n) is 3.48. The van der Waals surface area contributed by atoms with Gasteiger partial charge in [-0.15, -0.1) is 0 Å². The lowest BCUT2D eigenvalue weighted by Crippen LogP contribution is -2.35. The van der Waals surface area contributed by atoms with Crippen molar-refractivity contribution in [2.75, 3.05) is 32.9 Å². The molecule has 6 heteroatoms. The number of aliphatic hydroxyl groups is 1. The van der Waals surface area contributed by atoms with Crippen LogP contribution < -0.4 is 10.1 Å². The lowest BCUT2D eigenvalue weighted by molar-refractivity contribution is 0.0630. The van der Waals surface area contributed by atoms with E-state index in [4.69, 9.17) is 32.7 Å². The summed E-state index contributed by atoms with van der Waals surface area (Å²) in [7, 11) is 0. The van der Waals surface area contributed by atoms with E-state index in [-0.39, 0.29) is 6.61 Å². The van der Waals surface area contributed by atoms with E-state index < -0.39 is 6.10 Å². The average molecular weight is 334 g/mol. The first-order chi connectivity index (χ1) is 10.1. The molecule has 0 saturated carbocycles. The maximum absolute atomic E-state index is 9.91. The van der Waals surface area contributed by atoms with Crippen LogP contribution in [0.25, 0.3) is 0 Å². The number of nitrogens with one attached hydrogen (secondary N) is 1. The molecule has 1 unspecified atom stereocenters. The number of benzene rings is 1. The van der Waals surface area contributed by atoms with Crippen molar-refractivity contribution >= 4 is 23.2 Å². The zero-order valence-corrected chi connectivity index (χ0v) is 13.4. The van der Waals surface area contributed by atoms with Crippen molar-refractivity contribution in [3.05, 3.63) is 28.2 Å². The smallest absolute Gasteiger partial charge is 0.139 e. The van der Waals surface area contributed by atoms with Gasteiger partial charge in [0.25, 0.3) is 0 Å². The Kier molecular flexibility index (Phi) is 7.07. The van der Waals surface area contributed by atoms with Crippen molar-refractivity contribution < 1.29 is 14.6 Å². The second kappa shape index (κ2) is 8.81. The van der Waals surface area contributed by atoms with Crippen molar-refractivity contribution in [2.45, 2.75) is 18.9 Å². The van der Waals surface area contributed by atoms with Crippen LogP contribution in [-0.2, 0) is 4.74 Å². The van der Waals surface area contributed by atoms with Crippen molar-refractivity contribution in [3.63, 3.8) is 0 Å². The van der Waals surface area contributed by atoms with Gasteiger partial charge in [-0.05, 0) is 37.4 Å². The summed E-state index contributed by atoms with van der Waals surface area (Å²) in [6.07, 6.45) is 1.58. The molecule has 1 aliphatic rings. The molecular weight excluding hydrogens is 313 g/mol. The predicted octanol–water partition coefficient (Wildman–Crippen LogP) is 2.75. The molecule has 1 aromatic carbocycles. The van der Waals surface area contributed by atoms with Gasteiger partial charge in [0.05, 0.1) is 5.02 Å². The molecule has 2 N–H and O–H groups in total. The van der Waals surface area contributed by atoms with Crippen LogP contribution in [0.3, 0.4) is 0 Å². The number of hydrogen-bond donors (Lipinski definition) is 2. The molecule has 1 aliphatic heterocycles. The number of rotatable bonds is 7. The fraction of sp³-hybridized carbons (Fsp3) is 0.600. The molecule has 1 atom stereocenters. The molecule has 0 amide bonds. The molecule has 118 valence electrons. The van der Waals surface area contributed by atoms with Crippen LogP contribution in [-0.4, -0.2) is 44.1 Å². The van der Waals surface area contributed by atoms with E-state index in [0.29, 0.717) is 28.3 Å². The SMILES string of the molecule is OC(CNCC1CCOCC1)COc1cc(Cl)ccc1Cl. The van der Waals surface area contributed by atoms with Gasteiger partial charge in [-0.1, -0.05) is 23.2 Å². The first-order valence-corrected chi connectivity index (χ1v) is 7.95. The lowest BCUT2D eigenvalue weighted by Gasteiger charge is -2.23. The first kappa shape index (κ1) is 16.8. The summed E-state index contributed by atoms with van der Waals surface area (Å²) >= 11 is 11.9. The van der Waals surface area contributed by atoms with Gasteiger partial charge in [0, 0.05) is 30.8 Å². The Morgan fingerprint density at radius 2 is 2.10 bits per heavy atom. The van der Waals surface area contributed by atoms with Crippen LogP contribution in [0.2, 0.25) is 10.0 Å². The van der Waals surface area contributed by atoms with E-state index in [9.17, 15) is 5.11 Å². The average Bonchev–Trinajstić information content (AvgIpc) is 2.49. The molecular formula is C15H21Cl2NO3. The molecule has 0 spiro atoms. The van der Waals surface area contributed by atoms with Gasteiger partial charge in [-0.25, -0.2) is 0 Å². The quantitative estimate of drug-likeness (QED) is 0.805. The summed E-state index contributed by atoms with van der Waals surface area (Å²) in [4.78, 5) is 0. The van der Waals surface area contributed by atoms with E-state index in [1.807, 2.05) is 0 Å². The Balaban J connectivity index is 1.65. The Labute approximate surface area is 135 Å². The van der Waals surface area contributed by atoms with Crippen molar-refractivity contribution in [1.82, 2.24) is 5.32 Å². The molecule has 1 fully saturated rings. The summed E-state index contributed by atoms with van der Waals surface area (Å²) in [5.74, 6) is 1.13. The van der Waals surface area contributed by atoms with Gasteiger partial charge in [-0.2, -0.15) is 0 Å². The third kappa shape index (κ3) is 6.01. The summed E-state index contributed by atoms with van der Waals surface area (Å²) in [6, 6.07) is 5.02. The van der Waals surface area contributed by atoms with Crippen LogP contribution in [0.15, 0.2) is 18.2 Å². The van der Waals surface area contributed by atoms with Gasteiger partial charge in [-0.3, -0.25) is 0 Å². The molecule has 1 aromatic rings. The zero-order valence-electron chi connectivity index (χ0n) is 11.9. The van der Waals surface area contributed by atoms with Gasteiger partial charge in [0.2, 0.25) is 0 Å². The molecule has 0 bridgehead atoms. The molecule has 1 heterocycles. The van der Waals surface area contributed by atoms with E-state index in [0.717, 1.165) is 32.6 Å². The minimum atomic E-state index is -0.583. The predicted molar refractivity (Wildman–Crippen MR) is 84.4 cm³/mol. The van der Waals surface area contributed by atoms with E-state index in [1.165, 1.54) is 0 Å². The second-order valence-corrected chi connectivity index (χ2v) is 6.10. The first-order valence-electron chi connectivity index (χ1n) is 7.19. The van der Waals surface area contributed by atoms with E-state index >= 15 is 0 Å². The van der Waals surface area contributed by atoms with Crippen molar-refractivity contribution in [1.29, 1.82) is 0 Å². The van der Waals surface area contributed by atoms with Crippen LogP contribution in [0.4, 0.5) is 0 Å². The van der Waals surface area contributed by atoms with Crippen LogP contribution in [0.5, 0.6) is 5.75 Å². The summed E-state index contributed by atoms with van der Waals surface area (Å²) in [5.41, 5.74) is 0. The standard InChI is InChI=1S/C15H21Cl2NO3/c16-12-1-2-14(17)15(7-12)21-10-13(19)9-18-8-11-3-5-20-6-4-11/h1-2,7,11,13,18-19H,3-6,8-10H2. The highest BCUT2D eigenvalue weighted by Gasteiger charge is 2.14. The Bertz CT molecular complexity index is 439. The number of ether oxygens (including phenoxy) is 2. The fourth-order valence-corrected chi connectivity index (χ4v) is 2.57. The lowest BCUT2D eigenvalue weighted by atomic mass is 10.0. The normalized spacial score (nSPS) is 17.7. The van der Waals surface area contributed by atoms with Crippen molar-refractivity contribution in [3.8, 4) is 5.75 Å². The second-order valence-electron chi connectivity index (χ2n) is 5.25. The maximum atomic E-state index is 9.91. The highest BCUT2D eigenvalue weighted by molar-refractivity contribution is 6.34. The zero-order chi connectivity index (χ0) is 15.1. The Hall–Kier alpha value is -0.520. The minimum absolute atomic E-state index is 0.181. The Morgan fingerprint density at radius 1 is 1.33 bits per heavy atom. The van der Waals surface area contributed by atoms with Crippen LogP contribution in [0.1, 0.15) is 12.8 Å². The summed E-state index contributed by atoms with van der Waals surface area (Å²) in [5, 5.41) is 14.2. The monoisotopic (exact) mass is 333 g/mol. The fourth-order valence-electron chi connectivity index (χ4n) is 2.24. The van der Waals surface area contributed by atoms with Crippen LogP contribution >= 0.6 is 23.2 Å². The highest BCUT2D eigenvalue weighted by Crippen LogP contribution is 2.27. The summed E-state index contributed by atoms with van der Waals surface area (Å²) < 4.78 is 10.8. The number of hydrogen-bond acceptors (Lipinski definition) is 4. The highest BCUT2D eigenvalue weighted by atomic mass is 35.5. The third-order valence-corrected chi connectivity index (χ3v) is 4.03. The van der Waals surface area contributed by atoms with Crippen LogP contribution in [0, 0.1) is 5.92 Å². The molecule has 1 saturated heterocycles. The van der Waals surface area contributed by atoms with Gasteiger partial charge < -0.3 is 19.9 Å². The molecule has 2 rings (SSSR count). The molecule has 0 radical (unpaired) electrons. The Morgan fingerprint density at radius 3 is 2.86 bits per heavy atom. The van der Waals surface area contributed by atoms with Gasteiger partial charge in [0.1, 0.15) is 18.5 Å². The van der Waals surface area contributed by atoms with Gasteiger partial charge in [0.15, 0.2) is 0 Å². The van der Waals surface area contributed by atoms with E-state index in [2.05, 4.69) is 5.32 Å². The molecule has 21 heavy (non-hydrogen) atoms.